The van der Waals surface area contributed by atoms with Crippen molar-refractivity contribution in [2.45, 2.75) is 45.7 Å². The Labute approximate surface area is 142 Å². The zero-order valence-corrected chi connectivity index (χ0v) is 14.4. The fourth-order valence-electron chi connectivity index (χ4n) is 3.10. The third-order valence-electron chi connectivity index (χ3n) is 4.21. The van der Waals surface area contributed by atoms with Gasteiger partial charge in [0.1, 0.15) is 5.01 Å². The van der Waals surface area contributed by atoms with Crippen LogP contribution in [0.2, 0.25) is 0 Å². The Balaban J connectivity index is 1.60. The van der Waals surface area contributed by atoms with Gasteiger partial charge in [-0.15, -0.1) is 0 Å². The van der Waals surface area contributed by atoms with E-state index in [1.165, 1.54) is 15.9 Å². The molecule has 24 heavy (non-hydrogen) atoms. The fourth-order valence-corrected chi connectivity index (χ4v) is 3.86. The van der Waals surface area contributed by atoms with Crippen LogP contribution in [0.15, 0.2) is 15.4 Å². The molecule has 0 aliphatic carbocycles. The second-order valence-corrected chi connectivity index (χ2v) is 7.09. The van der Waals surface area contributed by atoms with Gasteiger partial charge in [-0.2, -0.15) is 14.6 Å². The van der Waals surface area contributed by atoms with Crippen molar-refractivity contribution in [3.63, 3.8) is 0 Å². The molecule has 0 aromatic carbocycles. The second-order valence-electron chi connectivity index (χ2n) is 5.93. The van der Waals surface area contributed by atoms with Crippen LogP contribution in [-0.2, 0) is 13.0 Å². The van der Waals surface area contributed by atoms with E-state index in [1.54, 1.807) is 6.07 Å². The minimum Gasteiger partial charge on any atom is -0.339 e. The standard InChI is InChI=1S/C15H18N6O2S/c1-3-12-17-14(19-23-12)11-5-4-6-20(11)8-10-7-13(22)21-15(16-10)24-9(2)18-21/h7,11H,3-6,8H2,1-2H3. The van der Waals surface area contributed by atoms with Crippen LogP contribution in [0.3, 0.4) is 0 Å². The van der Waals surface area contributed by atoms with Gasteiger partial charge in [-0.1, -0.05) is 23.4 Å². The molecule has 1 aliphatic rings. The smallest absolute Gasteiger partial charge is 0.275 e. The molecule has 1 unspecified atom stereocenters. The molecule has 3 aromatic heterocycles. The summed E-state index contributed by atoms with van der Waals surface area (Å²) in [5.74, 6) is 1.39. The maximum Gasteiger partial charge on any atom is 0.275 e. The summed E-state index contributed by atoms with van der Waals surface area (Å²) < 4.78 is 6.60. The topological polar surface area (TPSA) is 89.4 Å². The molecule has 0 spiro atoms. The summed E-state index contributed by atoms with van der Waals surface area (Å²) in [4.78, 5) is 24.1. The largest absolute Gasteiger partial charge is 0.339 e. The van der Waals surface area contributed by atoms with Crippen LogP contribution >= 0.6 is 11.3 Å². The van der Waals surface area contributed by atoms with E-state index in [1.807, 2.05) is 13.8 Å². The summed E-state index contributed by atoms with van der Waals surface area (Å²) in [5, 5.41) is 9.11. The van der Waals surface area contributed by atoms with E-state index in [9.17, 15) is 4.79 Å². The van der Waals surface area contributed by atoms with Crippen molar-refractivity contribution in [3.8, 4) is 0 Å². The van der Waals surface area contributed by atoms with E-state index in [4.69, 9.17) is 4.52 Å². The van der Waals surface area contributed by atoms with Gasteiger partial charge in [-0.3, -0.25) is 9.69 Å². The van der Waals surface area contributed by atoms with Crippen LogP contribution in [0.25, 0.3) is 4.96 Å². The Hall–Kier alpha value is -2.13. The molecule has 0 N–H and O–H groups in total. The first-order valence-electron chi connectivity index (χ1n) is 8.07. The van der Waals surface area contributed by atoms with Crippen molar-refractivity contribution in [2.75, 3.05) is 6.54 Å². The lowest BCUT2D eigenvalue weighted by Crippen LogP contribution is -2.26. The molecule has 0 bridgehead atoms. The highest BCUT2D eigenvalue weighted by atomic mass is 32.1. The number of rotatable bonds is 4. The van der Waals surface area contributed by atoms with Crippen LogP contribution in [0.4, 0.5) is 0 Å². The minimum atomic E-state index is -0.136. The minimum absolute atomic E-state index is 0.123. The van der Waals surface area contributed by atoms with Crippen molar-refractivity contribution < 1.29 is 4.52 Å². The number of hydrogen-bond acceptors (Lipinski definition) is 8. The maximum absolute atomic E-state index is 12.2. The van der Waals surface area contributed by atoms with Gasteiger partial charge in [0.15, 0.2) is 5.82 Å². The van der Waals surface area contributed by atoms with Gasteiger partial charge < -0.3 is 4.52 Å². The van der Waals surface area contributed by atoms with E-state index in [2.05, 4.69) is 25.1 Å². The molecule has 0 radical (unpaired) electrons. The van der Waals surface area contributed by atoms with Gasteiger partial charge in [0.2, 0.25) is 10.9 Å². The fraction of sp³-hybridized carbons (Fsp3) is 0.533. The quantitative estimate of drug-likeness (QED) is 0.711. The number of fused-ring (bicyclic) bond motifs is 1. The molecule has 126 valence electrons. The second kappa shape index (κ2) is 6.06. The number of aryl methyl sites for hydroxylation is 2. The molecule has 1 atom stereocenters. The summed E-state index contributed by atoms with van der Waals surface area (Å²) in [6.45, 7) is 5.40. The lowest BCUT2D eigenvalue weighted by atomic mass is 10.2. The van der Waals surface area contributed by atoms with Crippen molar-refractivity contribution in [1.29, 1.82) is 0 Å². The van der Waals surface area contributed by atoms with Crippen LogP contribution < -0.4 is 5.56 Å². The third kappa shape index (κ3) is 2.73. The molecular weight excluding hydrogens is 328 g/mol. The lowest BCUT2D eigenvalue weighted by Gasteiger charge is -2.21. The molecule has 3 aromatic rings. The first-order chi connectivity index (χ1) is 11.6. The Morgan fingerprint density at radius 3 is 3.08 bits per heavy atom. The molecule has 1 fully saturated rings. The van der Waals surface area contributed by atoms with Crippen LogP contribution in [-0.4, -0.2) is 36.2 Å². The van der Waals surface area contributed by atoms with Gasteiger partial charge in [-0.05, 0) is 26.3 Å². The van der Waals surface area contributed by atoms with Crippen molar-refractivity contribution in [3.05, 3.63) is 38.8 Å². The molecule has 1 saturated heterocycles. The molecule has 4 heterocycles. The first kappa shape index (κ1) is 15.4. The Bertz CT molecular complexity index is 930. The number of nitrogens with zero attached hydrogens (tertiary/aromatic N) is 6. The predicted octanol–water partition coefficient (Wildman–Crippen LogP) is 1.74. The van der Waals surface area contributed by atoms with E-state index in [0.717, 1.165) is 42.3 Å². The van der Waals surface area contributed by atoms with Crippen LogP contribution in [0, 0.1) is 6.92 Å². The normalized spacial score (nSPS) is 18.7. The van der Waals surface area contributed by atoms with E-state index >= 15 is 0 Å². The Morgan fingerprint density at radius 1 is 1.42 bits per heavy atom. The molecule has 0 saturated carbocycles. The predicted molar refractivity (Wildman–Crippen MR) is 87.9 cm³/mol. The van der Waals surface area contributed by atoms with Gasteiger partial charge in [0, 0.05) is 19.0 Å². The summed E-state index contributed by atoms with van der Waals surface area (Å²) in [5.41, 5.74) is 0.623. The van der Waals surface area contributed by atoms with Crippen LogP contribution in [0.1, 0.15) is 48.2 Å². The maximum atomic E-state index is 12.2. The van der Waals surface area contributed by atoms with E-state index in [0.29, 0.717) is 17.4 Å². The van der Waals surface area contributed by atoms with Gasteiger partial charge in [0.25, 0.3) is 5.56 Å². The Morgan fingerprint density at radius 2 is 2.29 bits per heavy atom. The molecular formula is C15H18N6O2S. The van der Waals surface area contributed by atoms with Crippen molar-refractivity contribution in [1.82, 2.24) is 29.6 Å². The number of hydrogen-bond donors (Lipinski definition) is 0. The Kier molecular flexibility index (Phi) is 3.89. The highest BCUT2D eigenvalue weighted by Gasteiger charge is 2.30. The average molecular weight is 346 g/mol. The average Bonchev–Trinajstić information content (AvgIpc) is 3.25. The van der Waals surface area contributed by atoms with E-state index in [-0.39, 0.29) is 11.6 Å². The molecule has 0 amide bonds. The van der Waals surface area contributed by atoms with Gasteiger partial charge in [0.05, 0.1) is 11.7 Å². The number of likely N-dealkylation sites (tertiary alicyclic amines) is 1. The van der Waals surface area contributed by atoms with Crippen molar-refractivity contribution in [2.24, 2.45) is 0 Å². The van der Waals surface area contributed by atoms with Crippen LogP contribution in [0.5, 0.6) is 0 Å². The van der Waals surface area contributed by atoms with E-state index < -0.39 is 0 Å². The summed E-state index contributed by atoms with van der Waals surface area (Å²) in [6.07, 6.45) is 2.80. The SMILES string of the molecule is CCc1nc(C2CCCN2Cc2cc(=O)n3nc(C)sc3n2)no1. The number of aromatic nitrogens is 5. The molecule has 9 heteroatoms. The van der Waals surface area contributed by atoms with Gasteiger partial charge >= 0.3 is 0 Å². The summed E-state index contributed by atoms with van der Waals surface area (Å²) >= 11 is 1.42. The molecule has 8 nitrogen and oxygen atoms in total. The highest BCUT2D eigenvalue weighted by Crippen LogP contribution is 2.31. The first-order valence-corrected chi connectivity index (χ1v) is 8.88. The monoisotopic (exact) mass is 346 g/mol. The van der Waals surface area contributed by atoms with Crippen molar-refractivity contribution >= 4 is 16.3 Å². The molecule has 4 rings (SSSR count). The molecule has 1 aliphatic heterocycles. The summed E-state index contributed by atoms with van der Waals surface area (Å²) in [6, 6.07) is 1.69. The van der Waals surface area contributed by atoms with Gasteiger partial charge in [-0.25, -0.2) is 4.98 Å². The summed E-state index contributed by atoms with van der Waals surface area (Å²) in [7, 11) is 0. The zero-order chi connectivity index (χ0) is 16.7. The third-order valence-corrected chi connectivity index (χ3v) is 5.04. The lowest BCUT2D eigenvalue weighted by molar-refractivity contribution is 0.231. The highest BCUT2D eigenvalue weighted by molar-refractivity contribution is 7.16. The zero-order valence-electron chi connectivity index (χ0n) is 13.6.